The molecule has 0 aliphatic rings. The molecule has 0 spiro atoms. The van der Waals surface area contributed by atoms with E-state index in [-0.39, 0.29) is 6.61 Å². The second-order valence-electron chi connectivity index (χ2n) is 4.02. The lowest BCUT2D eigenvalue weighted by Crippen LogP contribution is -2.22. The Morgan fingerprint density at radius 3 is 2.78 bits per heavy atom. The van der Waals surface area contributed by atoms with Crippen LogP contribution in [0.4, 0.5) is 0 Å². The molecule has 0 aliphatic carbocycles. The Labute approximate surface area is 111 Å². The molecule has 0 amide bonds. The SMILES string of the molecule is OC(COCc1ccc(Cl)cc1)Cn1cccn1. The maximum Gasteiger partial charge on any atom is 0.0969 e. The zero-order valence-electron chi connectivity index (χ0n) is 9.87. The Balaban J connectivity index is 1.70. The van der Waals surface area contributed by atoms with Gasteiger partial charge in [0, 0.05) is 17.4 Å². The number of ether oxygens (including phenoxy) is 1. The molecule has 4 nitrogen and oxygen atoms in total. The zero-order chi connectivity index (χ0) is 12.8. The van der Waals surface area contributed by atoms with E-state index in [0.717, 1.165) is 5.56 Å². The number of rotatable bonds is 6. The zero-order valence-corrected chi connectivity index (χ0v) is 10.6. The predicted octanol–water partition coefficient (Wildman–Crippen LogP) is 2.11. The average Bonchev–Trinajstić information content (AvgIpc) is 2.84. The molecule has 5 heteroatoms. The Kier molecular flexibility index (Phi) is 4.75. The summed E-state index contributed by atoms with van der Waals surface area (Å²) < 4.78 is 7.11. The van der Waals surface area contributed by atoms with Gasteiger partial charge in [-0.2, -0.15) is 5.10 Å². The molecular weight excluding hydrogens is 252 g/mol. The minimum absolute atomic E-state index is 0.280. The summed E-state index contributed by atoms with van der Waals surface area (Å²) in [7, 11) is 0. The van der Waals surface area contributed by atoms with Gasteiger partial charge in [0.25, 0.3) is 0 Å². The summed E-state index contributed by atoms with van der Waals surface area (Å²) in [5.41, 5.74) is 1.03. The molecule has 1 heterocycles. The highest BCUT2D eigenvalue weighted by Gasteiger charge is 2.05. The number of aliphatic hydroxyl groups is 1. The van der Waals surface area contributed by atoms with E-state index in [1.165, 1.54) is 0 Å². The number of hydrogen-bond acceptors (Lipinski definition) is 3. The standard InChI is InChI=1S/C13H15ClN2O2/c14-12-4-2-11(3-5-12)9-18-10-13(17)8-16-7-1-6-15-16/h1-7,13,17H,8-10H2. The van der Waals surface area contributed by atoms with Crippen molar-refractivity contribution in [2.24, 2.45) is 0 Å². The van der Waals surface area contributed by atoms with E-state index < -0.39 is 6.10 Å². The van der Waals surface area contributed by atoms with Gasteiger partial charge in [-0.1, -0.05) is 23.7 Å². The molecule has 1 N–H and O–H groups in total. The van der Waals surface area contributed by atoms with Crippen LogP contribution in [0.15, 0.2) is 42.7 Å². The van der Waals surface area contributed by atoms with Gasteiger partial charge in [-0.3, -0.25) is 4.68 Å². The molecule has 1 unspecified atom stereocenters. The highest BCUT2D eigenvalue weighted by molar-refractivity contribution is 6.30. The van der Waals surface area contributed by atoms with Crippen molar-refractivity contribution in [3.05, 3.63) is 53.3 Å². The number of nitrogens with zero attached hydrogens (tertiary/aromatic N) is 2. The molecule has 0 fully saturated rings. The molecule has 1 aromatic heterocycles. The van der Waals surface area contributed by atoms with Gasteiger partial charge in [0.1, 0.15) is 0 Å². The van der Waals surface area contributed by atoms with Gasteiger partial charge in [-0.15, -0.1) is 0 Å². The van der Waals surface area contributed by atoms with Crippen LogP contribution in [0.5, 0.6) is 0 Å². The molecule has 2 aromatic rings. The molecule has 96 valence electrons. The first-order valence-corrected chi connectivity index (χ1v) is 6.09. The van der Waals surface area contributed by atoms with Crippen LogP contribution in [-0.4, -0.2) is 27.6 Å². The molecule has 0 saturated carbocycles. The van der Waals surface area contributed by atoms with Gasteiger partial charge in [-0.05, 0) is 23.8 Å². The van der Waals surface area contributed by atoms with Crippen LogP contribution in [0.3, 0.4) is 0 Å². The minimum atomic E-state index is -0.558. The Morgan fingerprint density at radius 2 is 2.11 bits per heavy atom. The van der Waals surface area contributed by atoms with Crippen molar-refractivity contribution >= 4 is 11.6 Å². The van der Waals surface area contributed by atoms with Gasteiger partial charge >= 0.3 is 0 Å². The third-order valence-electron chi connectivity index (χ3n) is 2.45. The monoisotopic (exact) mass is 266 g/mol. The number of hydrogen-bond donors (Lipinski definition) is 1. The van der Waals surface area contributed by atoms with Gasteiger partial charge < -0.3 is 9.84 Å². The van der Waals surface area contributed by atoms with E-state index in [1.54, 1.807) is 10.9 Å². The molecular formula is C13H15ClN2O2. The second-order valence-corrected chi connectivity index (χ2v) is 4.46. The molecule has 2 rings (SSSR count). The Hall–Kier alpha value is -1.36. The normalized spacial score (nSPS) is 12.6. The topological polar surface area (TPSA) is 47.3 Å². The first kappa shape index (κ1) is 13.1. The van der Waals surface area contributed by atoms with Gasteiger partial charge in [0.2, 0.25) is 0 Å². The van der Waals surface area contributed by atoms with E-state index in [0.29, 0.717) is 18.2 Å². The fourth-order valence-corrected chi connectivity index (χ4v) is 1.70. The summed E-state index contributed by atoms with van der Waals surface area (Å²) in [4.78, 5) is 0. The van der Waals surface area contributed by atoms with Crippen LogP contribution >= 0.6 is 11.6 Å². The van der Waals surface area contributed by atoms with Crippen LogP contribution in [0, 0.1) is 0 Å². The van der Waals surface area contributed by atoms with E-state index in [9.17, 15) is 5.11 Å². The minimum Gasteiger partial charge on any atom is -0.389 e. The molecule has 0 saturated heterocycles. The van der Waals surface area contributed by atoms with Crippen molar-refractivity contribution in [3.8, 4) is 0 Å². The maximum absolute atomic E-state index is 9.74. The molecule has 0 radical (unpaired) electrons. The summed E-state index contributed by atoms with van der Waals surface area (Å²) in [5, 5.41) is 14.5. The molecule has 1 aromatic carbocycles. The van der Waals surface area contributed by atoms with Crippen LogP contribution in [0.1, 0.15) is 5.56 Å². The fourth-order valence-electron chi connectivity index (χ4n) is 1.57. The average molecular weight is 267 g/mol. The predicted molar refractivity (Wildman–Crippen MR) is 69.3 cm³/mol. The van der Waals surface area contributed by atoms with Crippen LogP contribution in [-0.2, 0) is 17.9 Å². The first-order chi connectivity index (χ1) is 8.74. The Bertz CT molecular complexity index is 456. The second kappa shape index (κ2) is 6.54. The lowest BCUT2D eigenvalue weighted by molar-refractivity contribution is 0.0187. The molecule has 0 aliphatic heterocycles. The van der Waals surface area contributed by atoms with Gasteiger partial charge in [0.05, 0.1) is 25.9 Å². The molecule has 0 bridgehead atoms. The van der Waals surface area contributed by atoms with Crippen LogP contribution in [0.2, 0.25) is 5.02 Å². The number of aromatic nitrogens is 2. The third-order valence-corrected chi connectivity index (χ3v) is 2.70. The highest BCUT2D eigenvalue weighted by atomic mass is 35.5. The fraction of sp³-hybridized carbons (Fsp3) is 0.308. The van der Waals surface area contributed by atoms with E-state index in [2.05, 4.69) is 5.10 Å². The molecule has 1 atom stereocenters. The largest absolute Gasteiger partial charge is 0.389 e. The van der Waals surface area contributed by atoms with Crippen molar-refractivity contribution in [2.45, 2.75) is 19.3 Å². The van der Waals surface area contributed by atoms with Gasteiger partial charge in [0.15, 0.2) is 0 Å². The van der Waals surface area contributed by atoms with Crippen molar-refractivity contribution in [1.82, 2.24) is 9.78 Å². The first-order valence-electron chi connectivity index (χ1n) is 5.72. The maximum atomic E-state index is 9.74. The van der Waals surface area contributed by atoms with E-state index in [4.69, 9.17) is 16.3 Å². The highest BCUT2D eigenvalue weighted by Crippen LogP contribution is 2.10. The van der Waals surface area contributed by atoms with Crippen molar-refractivity contribution < 1.29 is 9.84 Å². The Morgan fingerprint density at radius 1 is 1.33 bits per heavy atom. The van der Waals surface area contributed by atoms with Crippen molar-refractivity contribution in [2.75, 3.05) is 6.61 Å². The smallest absolute Gasteiger partial charge is 0.0969 e. The van der Waals surface area contributed by atoms with Crippen LogP contribution in [0.25, 0.3) is 0 Å². The van der Waals surface area contributed by atoms with Crippen molar-refractivity contribution in [1.29, 1.82) is 0 Å². The quantitative estimate of drug-likeness (QED) is 0.871. The third kappa shape index (κ3) is 4.14. The lowest BCUT2D eigenvalue weighted by atomic mass is 10.2. The number of halogens is 1. The van der Waals surface area contributed by atoms with E-state index >= 15 is 0 Å². The summed E-state index contributed by atoms with van der Waals surface area (Å²) in [6.45, 7) is 1.18. The summed E-state index contributed by atoms with van der Waals surface area (Å²) in [6.07, 6.45) is 2.93. The lowest BCUT2D eigenvalue weighted by Gasteiger charge is -2.11. The summed E-state index contributed by atoms with van der Waals surface area (Å²) in [5.74, 6) is 0. The van der Waals surface area contributed by atoms with E-state index in [1.807, 2.05) is 36.5 Å². The number of benzene rings is 1. The summed E-state index contributed by atoms with van der Waals surface area (Å²) in [6, 6.07) is 9.27. The van der Waals surface area contributed by atoms with Crippen LogP contribution < -0.4 is 0 Å². The summed E-state index contributed by atoms with van der Waals surface area (Å²) >= 11 is 5.79. The number of aliphatic hydroxyl groups excluding tert-OH is 1. The van der Waals surface area contributed by atoms with Gasteiger partial charge in [-0.25, -0.2) is 0 Å². The molecule has 18 heavy (non-hydrogen) atoms. The van der Waals surface area contributed by atoms with Crippen molar-refractivity contribution in [3.63, 3.8) is 0 Å².